The molecule has 1 N–H and O–H groups in total. The zero-order chi connectivity index (χ0) is 20.7. The van der Waals surface area contributed by atoms with Crippen LogP contribution in [-0.4, -0.2) is 30.1 Å². The molecule has 0 spiro atoms. The van der Waals surface area contributed by atoms with Gasteiger partial charge in [-0.3, -0.25) is 14.9 Å². The third kappa shape index (κ3) is 3.12. The van der Waals surface area contributed by atoms with Crippen LogP contribution in [-0.2, 0) is 14.3 Å². The first-order chi connectivity index (χ1) is 13.9. The van der Waals surface area contributed by atoms with Crippen LogP contribution in [0.1, 0.15) is 44.6 Å². The van der Waals surface area contributed by atoms with E-state index in [-0.39, 0.29) is 41.8 Å². The van der Waals surface area contributed by atoms with E-state index in [0.29, 0.717) is 42.0 Å². The molecule has 4 rings (SSSR count). The highest BCUT2D eigenvalue weighted by molar-refractivity contribution is 6.04. The summed E-state index contributed by atoms with van der Waals surface area (Å²) in [4.78, 5) is 37.0. The average molecular weight is 400 g/mol. The number of ketones is 1. The quantitative estimate of drug-likeness (QED) is 0.466. The van der Waals surface area contributed by atoms with E-state index in [0.717, 1.165) is 0 Å². The maximum absolute atomic E-state index is 12.9. The predicted octanol–water partition coefficient (Wildman–Crippen LogP) is 2.85. The number of nitrogens with one attached hydrogen (secondary N) is 1. The molecule has 1 atom stereocenters. The summed E-state index contributed by atoms with van der Waals surface area (Å²) >= 11 is 0. The summed E-state index contributed by atoms with van der Waals surface area (Å²) in [7, 11) is 0. The number of ether oxygens (including phenoxy) is 3. The first kappa shape index (κ1) is 19.0. The van der Waals surface area contributed by atoms with E-state index in [4.69, 9.17) is 14.2 Å². The number of fused-ring (bicyclic) bond motifs is 1. The summed E-state index contributed by atoms with van der Waals surface area (Å²) in [6.45, 7) is 3.49. The number of benzene rings is 1. The van der Waals surface area contributed by atoms with Crippen LogP contribution in [0.15, 0.2) is 34.7 Å². The fourth-order valence-electron chi connectivity index (χ4n) is 4.11. The van der Waals surface area contributed by atoms with E-state index in [1.165, 1.54) is 12.1 Å². The third-order valence-corrected chi connectivity index (χ3v) is 5.30. The maximum Gasteiger partial charge on any atom is 0.336 e. The van der Waals surface area contributed by atoms with Gasteiger partial charge < -0.3 is 19.5 Å². The smallest absolute Gasteiger partial charge is 0.336 e. The summed E-state index contributed by atoms with van der Waals surface area (Å²) in [6.07, 6.45) is 1.64. The summed E-state index contributed by atoms with van der Waals surface area (Å²) < 4.78 is 15.9. The number of Topliss-reactive ketones (excluding diaryl/α,β-unsaturated/α-hetero) is 1. The molecule has 29 heavy (non-hydrogen) atoms. The Balaban J connectivity index is 1.97. The van der Waals surface area contributed by atoms with Crippen molar-refractivity contribution < 1.29 is 28.7 Å². The molecule has 0 unspecified atom stereocenters. The highest BCUT2D eigenvalue weighted by Gasteiger charge is 2.42. The van der Waals surface area contributed by atoms with Crippen molar-refractivity contribution in [2.24, 2.45) is 0 Å². The minimum atomic E-state index is -0.909. The molecule has 1 aromatic carbocycles. The van der Waals surface area contributed by atoms with Crippen LogP contribution in [0, 0.1) is 10.1 Å². The fourth-order valence-corrected chi connectivity index (χ4v) is 4.11. The number of rotatable bonds is 4. The number of carbonyl (C=O) groups excluding carboxylic acids is 2. The molecule has 3 aliphatic rings. The molecule has 0 radical (unpaired) electrons. The van der Waals surface area contributed by atoms with Crippen LogP contribution in [0.25, 0.3) is 0 Å². The topological polar surface area (TPSA) is 117 Å². The molecular weight excluding hydrogens is 380 g/mol. The molecule has 0 saturated carbocycles. The van der Waals surface area contributed by atoms with Crippen molar-refractivity contribution in [3.8, 4) is 11.5 Å². The molecule has 0 fully saturated rings. The molecule has 9 nitrogen and oxygen atoms in total. The number of nitro groups is 1. The van der Waals surface area contributed by atoms with Gasteiger partial charge in [-0.1, -0.05) is 0 Å². The van der Waals surface area contributed by atoms with Crippen molar-refractivity contribution >= 4 is 17.4 Å². The van der Waals surface area contributed by atoms with Crippen molar-refractivity contribution in [2.75, 3.05) is 13.4 Å². The average Bonchev–Trinajstić information content (AvgIpc) is 3.13. The van der Waals surface area contributed by atoms with E-state index >= 15 is 0 Å². The van der Waals surface area contributed by atoms with E-state index < -0.39 is 16.8 Å². The van der Waals surface area contributed by atoms with Crippen LogP contribution in [0.2, 0.25) is 0 Å². The summed E-state index contributed by atoms with van der Waals surface area (Å²) in [5, 5.41) is 15.0. The van der Waals surface area contributed by atoms with Crippen molar-refractivity contribution in [1.82, 2.24) is 5.32 Å². The van der Waals surface area contributed by atoms with Crippen molar-refractivity contribution in [3.05, 3.63) is 50.4 Å². The second-order valence-corrected chi connectivity index (χ2v) is 7.01. The van der Waals surface area contributed by atoms with E-state index in [1.807, 2.05) is 0 Å². The predicted molar refractivity (Wildman–Crippen MR) is 100 cm³/mol. The van der Waals surface area contributed by atoms with Gasteiger partial charge in [-0.15, -0.1) is 0 Å². The van der Waals surface area contributed by atoms with Gasteiger partial charge in [0.1, 0.15) is 0 Å². The third-order valence-electron chi connectivity index (χ3n) is 5.30. The Labute approximate surface area is 166 Å². The van der Waals surface area contributed by atoms with Gasteiger partial charge >= 0.3 is 5.97 Å². The molecule has 0 bridgehead atoms. The second kappa shape index (κ2) is 7.23. The first-order valence-electron chi connectivity index (χ1n) is 9.41. The normalized spacial score (nSPS) is 20.3. The van der Waals surface area contributed by atoms with Crippen LogP contribution in [0.3, 0.4) is 0 Å². The molecule has 152 valence electrons. The Kier molecular flexibility index (Phi) is 4.73. The van der Waals surface area contributed by atoms with Gasteiger partial charge in [-0.25, -0.2) is 4.79 Å². The van der Waals surface area contributed by atoms with Gasteiger partial charge in [0, 0.05) is 29.0 Å². The van der Waals surface area contributed by atoms with E-state index in [9.17, 15) is 19.7 Å². The van der Waals surface area contributed by atoms with Crippen molar-refractivity contribution in [1.29, 1.82) is 0 Å². The van der Waals surface area contributed by atoms with E-state index in [1.54, 1.807) is 13.8 Å². The molecule has 9 heteroatoms. The SMILES string of the molecule is CCOC(=O)C1=C(C)NC2=C(C(=O)CCC2)[C@H]1c1cc2c(cc1[N+](=O)[O-])OCO2. The Bertz CT molecular complexity index is 993. The number of dihydropyridines is 1. The zero-order valence-corrected chi connectivity index (χ0v) is 16.1. The lowest BCUT2D eigenvalue weighted by atomic mass is 9.74. The molecule has 2 heterocycles. The fraction of sp³-hybridized carbons (Fsp3) is 0.400. The number of carbonyl (C=O) groups is 2. The highest BCUT2D eigenvalue weighted by Crippen LogP contribution is 2.48. The van der Waals surface area contributed by atoms with Gasteiger partial charge in [0.05, 0.1) is 29.1 Å². The molecule has 0 amide bonds. The summed E-state index contributed by atoms with van der Waals surface area (Å²) in [6, 6.07) is 2.78. The number of esters is 1. The van der Waals surface area contributed by atoms with Crippen molar-refractivity contribution in [3.63, 3.8) is 0 Å². The monoisotopic (exact) mass is 400 g/mol. The maximum atomic E-state index is 12.9. The van der Waals surface area contributed by atoms with Crippen molar-refractivity contribution in [2.45, 2.75) is 39.0 Å². The number of nitrogens with zero attached hydrogens (tertiary/aromatic N) is 1. The van der Waals surface area contributed by atoms with Gasteiger partial charge in [-0.05, 0) is 32.8 Å². The van der Waals surface area contributed by atoms with Crippen LogP contribution in [0.5, 0.6) is 11.5 Å². The summed E-state index contributed by atoms with van der Waals surface area (Å²) in [5.74, 6) is -1.05. The van der Waals surface area contributed by atoms with Gasteiger partial charge in [0.2, 0.25) is 6.79 Å². The van der Waals surface area contributed by atoms with Crippen LogP contribution >= 0.6 is 0 Å². The van der Waals surface area contributed by atoms with Gasteiger partial charge in [0.15, 0.2) is 17.3 Å². The Morgan fingerprint density at radius 2 is 2.03 bits per heavy atom. The number of nitro benzene ring substituents is 1. The lowest BCUT2D eigenvalue weighted by Gasteiger charge is -2.33. The second-order valence-electron chi connectivity index (χ2n) is 7.01. The largest absolute Gasteiger partial charge is 0.463 e. The van der Waals surface area contributed by atoms with Crippen LogP contribution < -0.4 is 14.8 Å². The number of allylic oxidation sites excluding steroid dienone is 3. The Morgan fingerprint density at radius 1 is 1.31 bits per heavy atom. The van der Waals surface area contributed by atoms with Gasteiger partial charge in [-0.2, -0.15) is 0 Å². The molecular formula is C20H20N2O7. The Morgan fingerprint density at radius 3 is 2.72 bits per heavy atom. The lowest BCUT2D eigenvalue weighted by Crippen LogP contribution is -2.34. The minimum absolute atomic E-state index is 0.0470. The molecule has 0 aromatic heterocycles. The molecule has 0 saturated heterocycles. The molecule has 2 aliphatic heterocycles. The zero-order valence-electron chi connectivity index (χ0n) is 16.1. The number of hydrogen-bond acceptors (Lipinski definition) is 8. The lowest BCUT2D eigenvalue weighted by molar-refractivity contribution is -0.385. The molecule has 1 aromatic rings. The minimum Gasteiger partial charge on any atom is -0.463 e. The van der Waals surface area contributed by atoms with Gasteiger partial charge in [0.25, 0.3) is 5.69 Å². The highest BCUT2D eigenvalue weighted by atomic mass is 16.7. The first-order valence-corrected chi connectivity index (χ1v) is 9.41. The Hall–Kier alpha value is -3.36. The molecule has 1 aliphatic carbocycles. The summed E-state index contributed by atoms with van der Waals surface area (Å²) in [5.41, 5.74) is 1.78. The standard InChI is InChI=1S/C20H20N2O7/c1-3-27-20(24)17-10(2)21-12-5-4-6-14(23)19(12)18(17)11-7-15-16(29-9-28-15)8-13(11)22(25)26/h7-8,18,21H,3-6,9H2,1-2H3/t18-/m0/s1. The number of hydrogen-bond donors (Lipinski definition) is 1. The van der Waals surface area contributed by atoms with E-state index in [2.05, 4.69) is 5.32 Å². The van der Waals surface area contributed by atoms with Crippen LogP contribution in [0.4, 0.5) is 5.69 Å².